The van der Waals surface area contributed by atoms with Crippen molar-refractivity contribution in [3.63, 3.8) is 0 Å². The third-order valence-corrected chi connectivity index (χ3v) is 6.26. The molecule has 1 aliphatic heterocycles. The van der Waals surface area contributed by atoms with E-state index >= 15 is 0 Å². The molecule has 11 heteroatoms. The molecule has 0 spiro atoms. The van der Waals surface area contributed by atoms with E-state index in [9.17, 15) is 9.59 Å². The van der Waals surface area contributed by atoms with Gasteiger partial charge in [0.1, 0.15) is 17.9 Å². The molecule has 4 rings (SSSR count). The monoisotopic (exact) mass is 485 g/mol. The maximum Gasteiger partial charge on any atom is 0.407 e. The number of amides is 2. The maximum absolute atomic E-state index is 12.6. The molecule has 1 unspecified atom stereocenters. The van der Waals surface area contributed by atoms with Crippen LogP contribution in [0, 0.1) is 11.3 Å². The summed E-state index contributed by atoms with van der Waals surface area (Å²) in [5, 5.41) is 29.2. The van der Waals surface area contributed by atoms with Crippen molar-refractivity contribution >= 4 is 23.6 Å². The van der Waals surface area contributed by atoms with Crippen LogP contribution < -0.4 is 14.8 Å². The first-order valence-electron chi connectivity index (χ1n) is 11.1. The number of hydrogen-bond acceptors (Lipinski definition) is 7. The summed E-state index contributed by atoms with van der Waals surface area (Å²) in [5.41, 5.74) is 0.600. The van der Waals surface area contributed by atoms with Gasteiger partial charge in [-0.2, -0.15) is 5.26 Å². The fourth-order valence-corrected chi connectivity index (χ4v) is 4.32. The highest BCUT2D eigenvalue weighted by molar-refractivity contribution is 6.31. The van der Waals surface area contributed by atoms with Crippen molar-refractivity contribution in [1.29, 1.82) is 5.26 Å². The lowest BCUT2D eigenvalue weighted by molar-refractivity contribution is 0.0887. The third kappa shape index (κ3) is 5.85. The first-order chi connectivity index (χ1) is 16.4. The molecule has 0 radical (unpaired) electrons. The molecule has 1 atom stereocenters. The normalized spacial score (nSPS) is 22.0. The van der Waals surface area contributed by atoms with Crippen molar-refractivity contribution in [2.24, 2.45) is 0 Å². The molecule has 2 fully saturated rings. The number of likely N-dealkylation sites (tertiary alicyclic amines) is 1. The number of hydrogen-bond donors (Lipinski definition) is 2. The topological polar surface area (TPSA) is 138 Å². The number of carbonyl (C=O) groups excluding carboxylic acids is 1. The summed E-state index contributed by atoms with van der Waals surface area (Å²) in [6.07, 6.45) is 2.42. The minimum absolute atomic E-state index is 0.00937. The van der Waals surface area contributed by atoms with E-state index in [2.05, 4.69) is 15.5 Å². The number of nitriles is 1. The summed E-state index contributed by atoms with van der Waals surface area (Å²) >= 11 is 6.06. The Kier molecular flexibility index (Phi) is 7.33. The lowest BCUT2D eigenvalue weighted by atomic mass is 9.93. The zero-order chi connectivity index (χ0) is 24.1. The van der Waals surface area contributed by atoms with E-state index in [1.165, 1.54) is 4.90 Å². The van der Waals surface area contributed by atoms with Crippen molar-refractivity contribution in [2.75, 3.05) is 13.1 Å². The Morgan fingerprint density at radius 2 is 1.88 bits per heavy atom. The van der Waals surface area contributed by atoms with Gasteiger partial charge >= 0.3 is 6.09 Å². The Morgan fingerprint density at radius 3 is 2.50 bits per heavy atom. The second-order valence-electron chi connectivity index (χ2n) is 8.33. The van der Waals surface area contributed by atoms with Gasteiger partial charge in [-0.25, -0.2) is 4.79 Å². The van der Waals surface area contributed by atoms with Gasteiger partial charge in [0.2, 0.25) is 5.88 Å². The second kappa shape index (κ2) is 10.6. The average molecular weight is 486 g/mol. The Hall–Kier alpha value is -3.58. The van der Waals surface area contributed by atoms with Gasteiger partial charge in [-0.3, -0.25) is 4.79 Å². The van der Waals surface area contributed by atoms with E-state index in [1.54, 1.807) is 30.3 Å². The minimum atomic E-state index is -0.969. The van der Waals surface area contributed by atoms with E-state index < -0.39 is 6.09 Å². The number of rotatable bonds is 6. The zero-order valence-corrected chi connectivity index (χ0v) is 19.1. The molecule has 10 nitrogen and oxygen atoms in total. The number of aromatic nitrogens is 2. The van der Waals surface area contributed by atoms with E-state index in [0.717, 1.165) is 25.7 Å². The number of halogens is 1. The summed E-state index contributed by atoms with van der Waals surface area (Å²) in [4.78, 5) is 24.8. The molecule has 2 aliphatic rings. The summed E-state index contributed by atoms with van der Waals surface area (Å²) in [7, 11) is 0. The number of nitrogens with zero attached hydrogens (tertiary/aromatic N) is 4. The molecular formula is C23H24ClN5O5. The van der Waals surface area contributed by atoms with Crippen LogP contribution in [0.5, 0.6) is 11.6 Å². The number of ether oxygens (including phenoxy) is 2. The summed E-state index contributed by atoms with van der Waals surface area (Å²) in [6.45, 7) is 0.701. The lowest BCUT2D eigenvalue weighted by Crippen LogP contribution is -2.40. The second-order valence-corrected chi connectivity index (χ2v) is 8.74. The fraction of sp³-hybridized carbons (Fsp3) is 0.435. The summed E-state index contributed by atoms with van der Waals surface area (Å²) in [5.74, 6) is 0.580. The molecule has 2 N–H and O–H groups in total. The fourth-order valence-electron chi connectivity index (χ4n) is 4.11. The van der Waals surface area contributed by atoms with Crippen LogP contribution in [0.3, 0.4) is 0 Å². The van der Waals surface area contributed by atoms with Gasteiger partial charge in [0.15, 0.2) is 5.69 Å². The zero-order valence-electron chi connectivity index (χ0n) is 18.3. The summed E-state index contributed by atoms with van der Waals surface area (Å²) < 4.78 is 11.7. The van der Waals surface area contributed by atoms with Crippen molar-refractivity contribution < 1.29 is 24.2 Å². The van der Waals surface area contributed by atoms with E-state index in [0.29, 0.717) is 29.3 Å². The highest BCUT2D eigenvalue weighted by Crippen LogP contribution is 2.27. The van der Waals surface area contributed by atoms with Gasteiger partial charge in [-0.05, 0) is 43.9 Å². The lowest BCUT2D eigenvalue weighted by Gasteiger charge is -2.29. The van der Waals surface area contributed by atoms with Gasteiger partial charge in [-0.15, -0.1) is 10.2 Å². The largest absolute Gasteiger partial charge is 0.490 e. The molecule has 1 aromatic heterocycles. The number of nitrogens with one attached hydrogen (secondary N) is 1. The van der Waals surface area contributed by atoms with Crippen molar-refractivity contribution in [3.05, 3.63) is 46.6 Å². The predicted octanol–water partition coefficient (Wildman–Crippen LogP) is 3.25. The number of carbonyl (C=O) groups is 2. The average Bonchev–Trinajstić information content (AvgIpc) is 3.30. The van der Waals surface area contributed by atoms with Gasteiger partial charge in [0.05, 0.1) is 23.2 Å². The Morgan fingerprint density at radius 1 is 1.09 bits per heavy atom. The van der Waals surface area contributed by atoms with Crippen LogP contribution >= 0.6 is 11.6 Å². The molecule has 1 saturated carbocycles. The van der Waals surface area contributed by atoms with Gasteiger partial charge < -0.3 is 24.8 Å². The molecule has 1 aliphatic carbocycles. The molecule has 2 aromatic rings. The van der Waals surface area contributed by atoms with Gasteiger partial charge in [0, 0.05) is 31.1 Å². The van der Waals surface area contributed by atoms with Crippen LogP contribution in [-0.4, -0.2) is 63.5 Å². The van der Waals surface area contributed by atoms with Gasteiger partial charge in [-0.1, -0.05) is 11.6 Å². The highest BCUT2D eigenvalue weighted by atomic mass is 35.5. The maximum atomic E-state index is 12.6. The predicted molar refractivity (Wildman–Crippen MR) is 121 cm³/mol. The van der Waals surface area contributed by atoms with Gasteiger partial charge in [0.25, 0.3) is 5.91 Å². The Labute approximate surface area is 201 Å². The molecule has 1 aromatic carbocycles. The van der Waals surface area contributed by atoms with Crippen LogP contribution in [0.25, 0.3) is 0 Å². The first-order valence-corrected chi connectivity index (χ1v) is 11.4. The van der Waals surface area contributed by atoms with E-state index in [-0.39, 0.29) is 42.3 Å². The van der Waals surface area contributed by atoms with Crippen LogP contribution in [0.2, 0.25) is 5.02 Å². The third-order valence-electron chi connectivity index (χ3n) is 5.95. The highest BCUT2D eigenvalue weighted by Gasteiger charge is 2.28. The van der Waals surface area contributed by atoms with Crippen LogP contribution in [0.15, 0.2) is 30.3 Å². The number of benzene rings is 1. The molecule has 2 amide bonds. The summed E-state index contributed by atoms with van der Waals surface area (Å²) in [6, 6.07) is 10.2. The van der Waals surface area contributed by atoms with Crippen LogP contribution in [-0.2, 0) is 0 Å². The molecule has 2 heterocycles. The van der Waals surface area contributed by atoms with Crippen molar-refractivity contribution in [2.45, 2.75) is 50.4 Å². The quantitative estimate of drug-likeness (QED) is 0.635. The minimum Gasteiger partial charge on any atom is -0.490 e. The first kappa shape index (κ1) is 23.6. The molecule has 1 saturated heterocycles. The molecule has 178 valence electrons. The molecular weight excluding hydrogens is 462 g/mol. The Balaban J connectivity index is 1.22. The number of carboxylic acid groups (broad SMARTS) is 1. The SMILES string of the molecule is N#Cc1ccc(OC2CCC(NC(=O)c3ccc(OC4CCN(C(=O)O)C4)nn3)CC2)cc1Cl. The smallest absolute Gasteiger partial charge is 0.407 e. The molecule has 0 bridgehead atoms. The molecule has 34 heavy (non-hydrogen) atoms. The van der Waals surface area contributed by atoms with E-state index in [1.807, 2.05) is 6.07 Å². The van der Waals surface area contributed by atoms with Crippen molar-refractivity contribution in [1.82, 2.24) is 20.4 Å². The van der Waals surface area contributed by atoms with E-state index in [4.69, 9.17) is 31.4 Å². The standard InChI is InChI=1S/C23H24ClN5O5/c24-19-11-17(4-1-14(19)12-25)33-16-5-2-15(3-6-16)26-22(30)20-7-8-21(28-27-20)34-18-9-10-29(13-18)23(31)32/h1,4,7-8,11,15-16,18H,2-3,5-6,9-10,13H2,(H,26,30)(H,31,32). The van der Waals surface area contributed by atoms with Crippen LogP contribution in [0.1, 0.15) is 48.2 Å². The van der Waals surface area contributed by atoms with Crippen LogP contribution in [0.4, 0.5) is 4.79 Å². The Bertz CT molecular complexity index is 1080. The van der Waals surface area contributed by atoms with Crippen molar-refractivity contribution in [3.8, 4) is 17.7 Å².